The Morgan fingerprint density at radius 1 is 1.05 bits per heavy atom. The molecule has 0 atom stereocenters. The molecular formula is C25H32F2N8O2. The third-order valence-corrected chi connectivity index (χ3v) is 7.44. The standard InChI is InChI=1S/C25H32F2N8O2/c1-33-11-9-16(10-12-33)30-22(36)19-8-7-17(13-28-19)31-24-29-14-20-21(32-24)35(18-5-3-4-6-18)15-25(26,27)23(37)34(20)2/h7-8,13-14,16,18H,3-6,9-12,15H2,1-2H3,(H,30,36)(H,29,31,32). The van der Waals surface area contributed by atoms with Crippen molar-refractivity contribution in [1.29, 1.82) is 0 Å². The highest BCUT2D eigenvalue weighted by atomic mass is 19.3. The van der Waals surface area contributed by atoms with Crippen molar-refractivity contribution >= 4 is 35.0 Å². The van der Waals surface area contributed by atoms with Gasteiger partial charge >= 0.3 is 5.92 Å². The van der Waals surface area contributed by atoms with Crippen LogP contribution in [0.25, 0.3) is 0 Å². The van der Waals surface area contributed by atoms with Gasteiger partial charge in [0.25, 0.3) is 11.8 Å². The molecule has 4 heterocycles. The van der Waals surface area contributed by atoms with E-state index >= 15 is 0 Å². The molecule has 0 unspecified atom stereocenters. The maximum Gasteiger partial charge on any atom is 0.342 e. The largest absolute Gasteiger partial charge is 0.348 e. The molecule has 0 bridgehead atoms. The third-order valence-electron chi connectivity index (χ3n) is 7.44. The maximum absolute atomic E-state index is 14.8. The fourth-order valence-electron chi connectivity index (χ4n) is 5.25. The van der Waals surface area contributed by atoms with E-state index in [2.05, 4.69) is 37.5 Å². The lowest BCUT2D eigenvalue weighted by molar-refractivity contribution is -0.140. The van der Waals surface area contributed by atoms with Gasteiger partial charge in [0, 0.05) is 19.1 Å². The van der Waals surface area contributed by atoms with Gasteiger partial charge < -0.3 is 25.3 Å². The molecule has 5 rings (SSSR count). The number of amides is 2. The van der Waals surface area contributed by atoms with Crippen LogP contribution >= 0.6 is 0 Å². The lowest BCUT2D eigenvalue weighted by atomic mass is 10.1. The molecule has 2 N–H and O–H groups in total. The Hall–Kier alpha value is -3.41. The van der Waals surface area contributed by atoms with Gasteiger partial charge in [0.2, 0.25) is 5.95 Å². The molecule has 37 heavy (non-hydrogen) atoms. The molecule has 3 aliphatic rings. The SMILES string of the molecule is CN1CCC(NC(=O)c2ccc(Nc3ncc4c(n3)N(C3CCCC3)CC(F)(F)C(=O)N4C)cn2)CC1. The monoisotopic (exact) mass is 514 g/mol. The van der Waals surface area contributed by atoms with E-state index in [9.17, 15) is 18.4 Å². The lowest BCUT2D eigenvalue weighted by Gasteiger charge is -2.31. The molecule has 1 saturated carbocycles. The number of hydrogen-bond acceptors (Lipinski definition) is 8. The first-order chi connectivity index (χ1) is 17.7. The average molecular weight is 515 g/mol. The molecule has 1 aliphatic carbocycles. The van der Waals surface area contributed by atoms with E-state index < -0.39 is 18.4 Å². The van der Waals surface area contributed by atoms with Crippen molar-refractivity contribution in [3.05, 3.63) is 30.2 Å². The molecule has 12 heteroatoms. The summed E-state index contributed by atoms with van der Waals surface area (Å²) in [5, 5.41) is 6.08. The van der Waals surface area contributed by atoms with Crippen LogP contribution < -0.4 is 20.4 Å². The predicted molar refractivity (Wildman–Crippen MR) is 135 cm³/mol. The van der Waals surface area contributed by atoms with Crippen molar-refractivity contribution in [3.8, 4) is 0 Å². The summed E-state index contributed by atoms with van der Waals surface area (Å²) >= 11 is 0. The van der Waals surface area contributed by atoms with Crippen molar-refractivity contribution in [2.45, 2.75) is 56.5 Å². The van der Waals surface area contributed by atoms with E-state index in [-0.39, 0.29) is 29.6 Å². The molecule has 1 saturated heterocycles. The number of carbonyl (C=O) groups is 2. The molecule has 2 fully saturated rings. The molecule has 0 radical (unpaired) electrons. The Bertz CT molecular complexity index is 1150. The zero-order valence-corrected chi connectivity index (χ0v) is 21.1. The minimum absolute atomic E-state index is 0.115. The van der Waals surface area contributed by atoms with Gasteiger partial charge in [-0.25, -0.2) is 9.97 Å². The number of alkyl halides is 2. The van der Waals surface area contributed by atoms with Crippen LogP contribution in [-0.2, 0) is 4.79 Å². The third kappa shape index (κ3) is 5.34. The van der Waals surface area contributed by atoms with Crippen LogP contribution in [0.1, 0.15) is 49.0 Å². The van der Waals surface area contributed by atoms with E-state index in [1.165, 1.54) is 19.4 Å². The van der Waals surface area contributed by atoms with Crippen LogP contribution in [0.5, 0.6) is 0 Å². The molecule has 198 valence electrons. The fourth-order valence-corrected chi connectivity index (χ4v) is 5.25. The van der Waals surface area contributed by atoms with Crippen LogP contribution in [0.3, 0.4) is 0 Å². The van der Waals surface area contributed by atoms with Gasteiger partial charge in [0.05, 0.1) is 24.6 Å². The van der Waals surface area contributed by atoms with Crippen LogP contribution in [0, 0.1) is 0 Å². The number of halogens is 2. The Morgan fingerprint density at radius 3 is 2.46 bits per heavy atom. The second-order valence-corrected chi connectivity index (χ2v) is 10.1. The lowest BCUT2D eigenvalue weighted by Crippen LogP contribution is -2.48. The molecule has 2 aliphatic heterocycles. The Balaban J connectivity index is 1.33. The van der Waals surface area contributed by atoms with E-state index in [4.69, 9.17) is 0 Å². The minimum Gasteiger partial charge on any atom is -0.348 e. The van der Waals surface area contributed by atoms with E-state index in [0.717, 1.165) is 56.5 Å². The average Bonchev–Trinajstić information content (AvgIpc) is 3.41. The zero-order chi connectivity index (χ0) is 26.2. The Kier molecular flexibility index (Phi) is 6.93. The summed E-state index contributed by atoms with van der Waals surface area (Å²) in [5.41, 5.74) is 1.10. The van der Waals surface area contributed by atoms with Gasteiger partial charge in [-0.1, -0.05) is 12.8 Å². The Morgan fingerprint density at radius 2 is 1.78 bits per heavy atom. The number of nitrogens with zero attached hydrogens (tertiary/aromatic N) is 6. The number of carbonyl (C=O) groups excluding carboxylic acids is 2. The minimum atomic E-state index is -3.53. The summed E-state index contributed by atoms with van der Waals surface area (Å²) in [6.07, 6.45) is 8.15. The van der Waals surface area contributed by atoms with Crippen molar-refractivity contribution in [1.82, 2.24) is 25.2 Å². The summed E-state index contributed by atoms with van der Waals surface area (Å²) in [4.78, 5) is 42.9. The van der Waals surface area contributed by atoms with Gasteiger partial charge in [-0.2, -0.15) is 13.8 Å². The number of nitrogens with one attached hydrogen (secondary N) is 2. The number of piperidine rings is 1. The van der Waals surface area contributed by atoms with Gasteiger partial charge in [-0.3, -0.25) is 9.59 Å². The summed E-state index contributed by atoms with van der Waals surface area (Å²) in [6.45, 7) is 1.18. The van der Waals surface area contributed by atoms with Gasteiger partial charge in [-0.15, -0.1) is 0 Å². The fraction of sp³-hybridized carbons (Fsp3) is 0.560. The molecule has 0 spiro atoms. The number of hydrogen-bond donors (Lipinski definition) is 2. The van der Waals surface area contributed by atoms with Crippen molar-refractivity contribution in [2.75, 3.05) is 48.8 Å². The molecule has 2 aromatic rings. The second-order valence-electron chi connectivity index (χ2n) is 10.1. The van der Waals surface area contributed by atoms with Crippen LogP contribution in [0.15, 0.2) is 24.5 Å². The maximum atomic E-state index is 14.8. The predicted octanol–water partition coefficient (Wildman–Crippen LogP) is 2.80. The number of likely N-dealkylation sites (tertiary alicyclic amines) is 1. The Labute approximate surface area is 214 Å². The van der Waals surface area contributed by atoms with Gasteiger partial charge in [0.15, 0.2) is 5.82 Å². The summed E-state index contributed by atoms with van der Waals surface area (Å²) in [5.74, 6) is -4.52. The summed E-state index contributed by atoms with van der Waals surface area (Å²) < 4.78 is 29.5. The van der Waals surface area contributed by atoms with Crippen LogP contribution in [0.2, 0.25) is 0 Å². The number of rotatable bonds is 5. The zero-order valence-electron chi connectivity index (χ0n) is 21.1. The number of pyridine rings is 1. The van der Waals surface area contributed by atoms with E-state index in [1.807, 2.05) is 0 Å². The molecular weight excluding hydrogens is 482 g/mol. The summed E-state index contributed by atoms with van der Waals surface area (Å²) in [7, 11) is 3.39. The summed E-state index contributed by atoms with van der Waals surface area (Å²) in [6, 6.07) is 3.34. The first-order valence-electron chi connectivity index (χ1n) is 12.7. The second kappa shape index (κ2) is 10.2. The molecule has 0 aromatic carbocycles. The number of fused-ring (bicyclic) bond motifs is 1. The number of aromatic nitrogens is 3. The van der Waals surface area contributed by atoms with E-state index in [1.54, 1.807) is 17.0 Å². The molecule has 2 amide bonds. The molecule has 2 aromatic heterocycles. The van der Waals surface area contributed by atoms with Gasteiger partial charge in [0.1, 0.15) is 11.4 Å². The quantitative estimate of drug-likeness (QED) is 0.628. The highest BCUT2D eigenvalue weighted by Gasteiger charge is 2.48. The van der Waals surface area contributed by atoms with Gasteiger partial charge in [-0.05, 0) is 58.0 Å². The first-order valence-corrected chi connectivity index (χ1v) is 12.7. The van der Waals surface area contributed by atoms with Crippen molar-refractivity contribution in [2.24, 2.45) is 0 Å². The van der Waals surface area contributed by atoms with Crippen LogP contribution in [-0.4, -0.2) is 83.4 Å². The molecule has 10 nitrogen and oxygen atoms in total. The first kappa shape index (κ1) is 25.2. The highest BCUT2D eigenvalue weighted by Crippen LogP contribution is 2.39. The van der Waals surface area contributed by atoms with Crippen molar-refractivity contribution < 1.29 is 18.4 Å². The van der Waals surface area contributed by atoms with Crippen molar-refractivity contribution in [3.63, 3.8) is 0 Å². The topological polar surface area (TPSA) is 107 Å². The normalized spacial score (nSPS) is 21.0. The number of anilines is 4. The van der Waals surface area contributed by atoms with Crippen LogP contribution in [0.4, 0.5) is 31.9 Å². The van der Waals surface area contributed by atoms with E-state index in [0.29, 0.717) is 17.2 Å². The highest BCUT2D eigenvalue weighted by molar-refractivity contribution is 6.02. The smallest absolute Gasteiger partial charge is 0.342 e.